The highest BCUT2D eigenvalue weighted by Crippen LogP contribution is 2.26. The first-order valence-corrected chi connectivity index (χ1v) is 13.7. The van der Waals surface area contributed by atoms with Crippen LogP contribution < -0.4 is 10.2 Å². The van der Waals surface area contributed by atoms with Gasteiger partial charge in [-0.15, -0.1) is 0 Å². The Balaban J connectivity index is 1.64. The molecule has 1 heterocycles. The van der Waals surface area contributed by atoms with Crippen LogP contribution in [0.2, 0.25) is 0 Å². The lowest BCUT2D eigenvalue weighted by Gasteiger charge is -2.35. The highest BCUT2D eigenvalue weighted by atomic mass is 16.2. The molecule has 1 N–H and O–H groups in total. The number of carbonyl (C=O) groups is 3. The van der Waals surface area contributed by atoms with Gasteiger partial charge in [-0.2, -0.15) is 0 Å². The van der Waals surface area contributed by atoms with Crippen molar-refractivity contribution in [3.63, 3.8) is 0 Å². The monoisotopic (exact) mass is 528 g/mol. The topological polar surface area (TPSA) is 73.0 Å². The van der Waals surface area contributed by atoms with E-state index in [1.54, 1.807) is 16.8 Å². The molecule has 206 valence electrons. The summed E-state index contributed by atoms with van der Waals surface area (Å²) in [4.78, 5) is 46.3. The Labute approximate surface area is 231 Å². The molecule has 3 aromatic rings. The molecule has 7 nitrogen and oxygen atoms in total. The molecule has 7 heteroatoms. The first-order valence-electron chi connectivity index (χ1n) is 13.7. The van der Waals surface area contributed by atoms with Crippen molar-refractivity contribution in [1.82, 2.24) is 15.1 Å². The van der Waals surface area contributed by atoms with E-state index in [9.17, 15) is 14.4 Å². The van der Waals surface area contributed by atoms with E-state index in [0.29, 0.717) is 19.4 Å². The van der Waals surface area contributed by atoms with Crippen molar-refractivity contribution in [1.29, 1.82) is 0 Å². The molecular weight excluding hydrogens is 488 g/mol. The zero-order chi connectivity index (χ0) is 28.1. The average molecular weight is 529 g/mol. The highest BCUT2D eigenvalue weighted by molar-refractivity contribution is 5.94. The van der Waals surface area contributed by atoms with Crippen LogP contribution in [-0.4, -0.2) is 67.3 Å². The fourth-order valence-corrected chi connectivity index (χ4v) is 5.35. The maximum Gasteiger partial charge on any atom is 0.246 e. The predicted molar refractivity (Wildman–Crippen MR) is 156 cm³/mol. The van der Waals surface area contributed by atoms with Crippen molar-refractivity contribution in [2.75, 3.05) is 32.6 Å². The van der Waals surface area contributed by atoms with Crippen LogP contribution in [-0.2, 0) is 27.3 Å². The standard InChI is InChI=1S/C32H40N4O3/c1-22(2)18-29-32(39)35(17-16-30(37)36(29)21-23-11-14-27(15-12-23)34(4)5)28(31(38)33-3)20-24-10-13-25-8-6-7-9-26(25)19-24/h6-15,19,22,28-29H,16-18,20-21H2,1-5H3,(H,33,38)/t28-,29-/m0/s1. The molecule has 1 saturated heterocycles. The largest absolute Gasteiger partial charge is 0.378 e. The van der Waals surface area contributed by atoms with Crippen molar-refractivity contribution in [3.8, 4) is 0 Å². The van der Waals surface area contributed by atoms with Gasteiger partial charge in [0.25, 0.3) is 0 Å². The van der Waals surface area contributed by atoms with Crippen LogP contribution in [0.3, 0.4) is 0 Å². The summed E-state index contributed by atoms with van der Waals surface area (Å²) in [7, 11) is 5.57. The third-order valence-corrected chi connectivity index (χ3v) is 7.50. The molecule has 2 atom stereocenters. The lowest BCUT2D eigenvalue weighted by molar-refractivity contribution is -0.146. The lowest BCUT2D eigenvalue weighted by atomic mass is 9.97. The van der Waals surface area contributed by atoms with Gasteiger partial charge in [0.05, 0.1) is 0 Å². The lowest BCUT2D eigenvalue weighted by Crippen LogP contribution is -2.54. The molecule has 1 aliphatic rings. The Morgan fingerprint density at radius 1 is 0.974 bits per heavy atom. The minimum atomic E-state index is -0.703. The first-order chi connectivity index (χ1) is 18.7. The Hall–Kier alpha value is -3.87. The Morgan fingerprint density at radius 2 is 1.64 bits per heavy atom. The summed E-state index contributed by atoms with van der Waals surface area (Å²) < 4.78 is 0. The number of benzene rings is 3. The molecule has 39 heavy (non-hydrogen) atoms. The zero-order valence-electron chi connectivity index (χ0n) is 23.7. The van der Waals surface area contributed by atoms with E-state index >= 15 is 0 Å². The summed E-state index contributed by atoms with van der Waals surface area (Å²) in [6.45, 7) is 4.69. The molecule has 0 spiro atoms. The van der Waals surface area contributed by atoms with E-state index in [-0.39, 0.29) is 36.6 Å². The minimum Gasteiger partial charge on any atom is -0.378 e. The number of carbonyl (C=O) groups excluding carboxylic acids is 3. The number of likely N-dealkylation sites (N-methyl/N-ethyl adjacent to an activating group) is 1. The number of hydrogen-bond donors (Lipinski definition) is 1. The second kappa shape index (κ2) is 12.3. The SMILES string of the molecule is CNC(=O)[C@H](Cc1ccc2ccccc2c1)N1CCC(=O)N(Cc2ccc(N(C)C)cc2)[C@@H](CC(C)C)C1=O. The number of nitrogens with one attached hydrogen (secondary N) is 1. The maximum absolute atomic E-state index is 14.2. The second-order valence-corrected chi connectivity index (χ2v) is 11.0. The van der Waals surface area contributed by atoms with Crippen molar-refractivity contribution in [3.05, 3.63) is 77.9 Å². The van der Waals surface area contributed by atoms with Gasteiger partial charge >= 0.3 is 0 Å². The molecule has 4 rings (SSSR count). The molecule has 0 aliphatic carbocycles. The van der Waals surface area contributed by atoms with E-state index in [2.05, 4.69) is 31.3 Å². The molecule has 0 aromatic heterocycles. The molecule has 0 unspecified atom stereocenters. The fraction of sp³-hybridized carbons (Fsp3) is 0.406. The third kappa shape index (κ3) is 6.59. The summed E-state index contributed by atoms with van der Waals surface area (Å²) in [5.41, 5.74) is 3.02. The Kier molecular flexibility index (Phi) is 8.90. The number of amides is 3. The van der Waals surface area contributed by atoms with Crippen molar-refractivity contribution in [2.24, 2.45) is 5.92 Å². The van der Waals surface area contributed by atoms with E-state index in [0.717, 1.165) is 27.6 Å². The number of anilines is 1. The average Bonchev–Trinajstić information content (AvgIpc) is 3.03. The van der Waals surface area contributed by atoms with E-state index in [1.807, 2.05) is 73.6 Å². The summed E-state index contributed by atoms with van der Waals surface area (Å²) in [6.07, 6.45) is 1.10. The minimum absolute atomic E-state index is 0.0606. The summed E-state index contributed by atoms with van der Waals surface area (Å²) in [5.74, 6) is -0.243. The van der Waals surface area contributed by atoms with Crippen LogP contribution in [0.1, 0.15) is 37.8 Å². The van der Waals surface area contributed by atoms with Crippen LogP contribution in [0, 0.1) is 5.92 Å². The number of nitrogens with zero attached hydrogens (tertiary/aromatic N) is 3. The zero-order valence-corrected chi connectivity index (χ0v) is 23.7. The smallest absolute Gasteiger partial charge is 0.246 e. The van der Waals surface area contributed by atoms with Crippen LogP contribution in [0.4, 0.5) is 5.69 Å². The van der Waals surface area contributed by atoms with Crippen molar-refractivity contribution >= 4 is 34.2 Å². The molecule has 1 fully saturated rings. The quantitative estimate of drug-likeness (QED) is 0.451. The third-order valence-electron chi connectivity index (χ3n) is 7.50. The molecule has 3 aromatic carbocycles. The summed E-state index contributed by atoms with van der Waals surface area (Å²) >= 11 is 0. The Bertz CT molecular complexity index is 1320. The van der Waals surface area contributed by atoms with Crippen LogP contribution in [0.5, 0.6) is 0 Å². The number of rotatable bonds is 9. The van der Waals surface area contributed by atoms with Gasteiger partial charge in [0.15, 0.2) is 0 Å². The van der Waals surface area contributed by atoms with E-state index in [4.69, 9.17) is 0 Å². The fourth-order valence-electron chi connectivity index (χ4n) is 5.35. The summed E-state index contributed by atoms with van der Waals surface area (Å²) in [6, 6.07) is 21.0. The van der Waals surface area contributed by atoms with Gasteiger partial charge in [0.2, 0.25) is 17.7 Å². The van der Waals surface area contributed by atoms with E-state index < -0.39 is 12.1 Å². The molecule has 0 saturated carbocycles. The van der Waals surface area contributed by atoms with Gasteiger partial charge < -0.3 is 20.0 Å². The molecule has 0 radical (unpaired) electrons. The van der Waals surface area contributed by atoms with Gasteiger partial charge in [-0.05, 0) is 46.4 Å². The van der Waals surface area contributed by atoms with Crippen molar-refractivity contribution < 1.29 is 14.4 Å². The van der Waals surface area contributed by atoms with Gasteiger partial charge in [-0.1, -0.05) is 68.4 Å². The normalized spacial score (nSPS) is 16.9. The number of hydrogen-bond acceptors (Lipinski definition) is 4. The van der Waals surface area contributed by atoms with E-state index in [1.165, 1.54) is 0 Å². The molecule has 1 aliphatic heterocycles. The van der Waals surface area contributed by atoms with Crippen LogP contribution in [0.15, 0.2) is 66.7 Å². The predicted octanol–water partition coefficient (Wildman–Crippen LogP) is 4.24. The van der Waals surface area contributed by atoms with Gasteiger partial charge in [-0.3, -0.25) is 14.4 Å². The Morgan fingerprint density at radius 3 is 2.28 bits per heavy atom. The van der Waals surface area contributed by atoms with Gasteiger partial charge in [0.1, 0.15) is 12.1 Å². The molecule has 3 amide bonds. The highest BCUT2D eigenvalue weighted by Gasteiger charge is 2.41. The molecular formula is C32H40N4O3. The first kappa shape index (κ1) is 28.1. The maximum atomic E-state index is 14.2. The summed E-state index contributed by atoms with van der Waals surface area (Å²) in [5, 5.41) is 4.97. The number of fused-ring (bicyclic) bond motifs is 1. The van der Waals surface area contributed by atoms with Gasteiger partial charge in [-0.25, -0.2) is 0 Å². The van der Waals surface area contributed by atoms with Crippen LogP contribution in [0.25, 0.3) is 10.8 Å². The van der Waals surface area contributed by atoms with Crippen molar-refractivity contribution in [2.45, 2.75) is 51.7 Å². The van der Waals surface area contributed by atoms with Gasteiger partial charge in [0, 0.05) is 52.8 Å². The second-order valence-electron chi connectivity index (χ2n) is 11.0. The molecule has 0 bridgehead atoms. The van der Waals surface area contributed by atoms with Crippen LogP contribution >= 0.6 is 0 Å².